The molecule has 1 fully saturated rings. The molecule has 0 atom stereocenters. The Hall–Kier alpha value is -4.22. The van der Waals surface area contributed by atoms with Crippen LogP contribution in [0.1, 0.15) is 39.7 Å². The minimum absolute atomic E-state index is 0.0545. The first-order valence-corrected chi connectivity index (χ1v) is 12.3. The first kappa shape index (κ1) is 25.4. The molecule has 3 aromatic heterocycles. The van der Waals surface area contributed by atoms with Crippen LogP contribution in [0.3, 0.4) is 0 Å². The van der Waals surface area contributed by atoms with Crippen LogP contribution in [0.4, 0.5) is 25.2 Å². The third-order valence-electron chi connectivity index (χ3n) is 6.33. The van der Waals surface area contributed by atoms with Crippen LogP contribution in [-0.4, -0.2) is 61.5 Å². The van der Waals surface area contributed by atoms with Gasteiger partial charge in [-0.2, -0.15) is 5.10 Å². The second kappa shape index (κ2) is 9.92. The molecular weight excluding hydrogens is 496 g/mol. The molecule has 1 amide bonds. The first-order valence-electron chi connectivity index (χ1n) is 12.3. The number of carbonyl (C=O) groups is 1. The predicted octanol–water partition coefficient (Wildman–Crippen LogP) is 5.42. The smallest absolute Gasteiger partial charge is 0.410 e. The maximum atomic E-state index is 15.3. The van der Waals surface area contributed by atoms with Crippen molar-refractivity contribution in [3.63, 3.8) is 0 Å². The van der Waals surface area contributed by atoms with E-state index in [0.717, 1.165) is 12.8 Å². The number of anilines is 2. The molecule has 12 heteroatoms. The number of halogens is 2. The summed E-state index contributed by atoms with van der Waals surface area (Å²) in [7, 11) is 1.38. The molecule has 1 saturated heterocycles. The summed E-state index contributed by atoms with van der Waals surface area (Å²) < 4.78 is 42.4. The lowest BCUT2D eigenvalue weighted by Gasteiger charge is -2.34. The number of H-pyrrole nitrogens is 1. The molecule has 200 valence electrons. The normalized spacial score (nSPS) is 14.6. The number of aromatic amines is 1. The Bertz CT molecular complexity index is 1470. The van der Waals surface area contributed by atoms with E-state index < -0.39 is 17.2 Å². The summed E-state index contributed by atoms with van der Waals surface area (Å²) >= 11 is 0. The zero-order chi connectivity index (χ0) is 27.0. The third-order valence-corrected chi connectivity index (χ3v) is 6.33. The number of amides is 1. The van der Waals surface area contributed by atoms with Crippen molar-refractivity contribution in [2.75, 3.05) is 25.5 Å². The molecule has 5 rings (SSSR count). The highest BCUT2D eigenvalue weighted by molar-refractivity contribution is 5.75. The minimum atomic E-state index is -0.778. The van der Waals surface area contributed by atoms with Crippen LogP contribution >= 0.6 is 0 Å². The highest BCUT2D eigenvalue weighted by atomic mass is 19.1. The molecule has 1 aliphatic rings. The largest absolute Gasteiger partial charge is 0.496 e. The van der Waals surface area contributed by atoms with Crippen LogP contribution < -0.4 is 10.1 Å². The van der Waals surface area contributed by atoms with Gasteiger partial charge in [0.15, 0.2) is 23.1 Å². The van der Waals surface area contributed by atoms with Gasteiger partial charge < -0.3 is 24.3 Å². The Morgan fingerprint density at radius 2 is 1.95 bits per heavy atom. The second-order valence-electron chi connectivity index (χ2n) is 10.1. The van der Waals surface area contributed by atoms with Gasteiger partial charge >= 0.3 is 6.09 Å². The fourth-order valence-corrected chi connectivity index (χ4v) is 4.54. The Labute approximate surface area is 218 Å². The number of nitrogens with one attached hydrogen (secondary N) is 2. The summed E-state index contributed by atoms with van der Waals surface area (Å²) in [4.78, 5) is 23.2. The Kier molecular flexibility index (Phi) is 6.64. The Morgan fingerprint density at radius 3 is 2.66 bits per heavy atom. The molecule has 4 aromatic rings. The fraction of sp³-hybridized carbons (Fsp3) is 0.385. The lowest BCUT2D eigenvalue weighted by atomic mass is 10.1. The van der Waals surface area contributed by atoms with Crippen LogP contribution in [0, 0.1) is 11.6 Å². The van der Waals surface area contributed by atoms with Gasteiger partial charge in [-0.1, -0.05) is 6.07 Å². The van der Waals surface area contributed by atoms with Gasteiger partial charge in [-0.3, -0.25) is 5.10 Å². The Balaban J connectivity index is 1.34. The van der Waals surface area contributed by atoms with Crippen molar-refractivity contribution < 1.29 is 23.0 Å². The van der Waals surface area contributed by atoms with Gasteiger partial charge in [-0.05, 0) is 51.8 Å². The van der Waals surface area contributed by atoms with E-state index in [2.05, 4.69) is 25.5 Å². The molecule has 4 heterocycles. The number of methoxy groups -OCH3 is 1. The molecule has 1 aromatic carbocycles. The summed E-state index contributed by atoms with van der Waals surface area (Å²) in [5.74, 6) is -1.12. The quantitative estimate of drug-likeness (QED) is 0.358. The van der Waals surface area contributed by atoms with Crippen molar-refractivity contribution in [2.24, 2.45) is 0 Å². The van der Waals surface area contributed by atoms with Gasteiger partial charge in [0, 0.05) is 25.3 Å². The number of aromatic nitrogens is 5. The SMILES string of the molecule is COc1cccc(F)c1-c1[nH]nc(Nc2cnc3ccn(C4CCN(C(=O)OC(C)(C)C)CC4)c3n2)c1F. The van der Waals surface area contributed by atoms with Gasteiger partial charge in [0.05, 0.1) is 18.9 Å². The standard InChI is InChI=1S/C26H29F2N7O3/c1-26(2,3)38-25(36)34-11-8-15(9-12-34)35-13-10-17-24(35)31-19(14-29-17)30-23-21(28)22(32-33-23)20-16(27)6-5-7-18(20)37-4/h5-7,10,13-15H,8-9,11-12H2,1-4H3,(H2,30,31,32,33). The van der Waals surface area contributed by atoms with Gasteiger partial charge in [0.25, 0.3) is 0 Å². The Morgan fingerprint density at radius 1 is 1.18 bits per heavy atom. The van der Waals surface area contributed by atoms with E-state index in [9.17, 15) is 9.18 Å². The summed E-state index contributed by atoms with van der Waals surface area (Å²) in [6, 6.07) is 6.21. The van der Waals surface area contributed by atoms with E-state index in [1.807, 2.05) is 37.6 Å². The van der Waals surface area contributed by atoms with Crippen molar-refractivity contribution in [1.82, 2.24) is 29.6 Å². The highest BCUT2D eigenvalue weighted by Gasteiger charge is 2.28. The van der Waals surface area contributed by atoms with Crippen LogP contribution in [0.25, 0.3) is 22.4 Å². The van der Waals surface area contributed by atoms with E-state index in [1.165, 1.54) is 31.5 Å². The van der Waals surface area contributed by atoms with E-state index in [0.29, 0.717) is 24.3 Å². The zero-order valence-electron chi connectivity index (χ0n) is 21.6. The minimum Gasteiger partial charge on any atom is -0.496 e. The second-order valence-corrected chi connectivity index (χ2v) is 10.1. The van der Waals surface area contributed by atoms with Gasteiger partial charge in [0.2, 0.25) is 0 Å². The molecule has 0 bridgehead atoms. The van der Waals surface area contributed by atoms with Gasteiger partial charge in [0.1, 0.15) is 28.4 Å². The lowest BCUT2D eigenvalue weighted by Crippen LogP contribution is -2.42. The topological polar surface area (TPSA) is 110 Å². The molecule has 38 heavy (non-hydrogen) atoms. The average molecular weight is 526 g/mol. The molecule has 0 spiro atoms. The number of nitrogens with zero attached hydrogens (tertiary/aromatic N) is 5. The number of piperidine rings is 1. The van der Waals surface area contributed by atoms with Crippen LogP contribution in [0.2, 0.25) is 0 Å². The number of hydrogen-bond donors (Lipinski definition) is 2. The third kappa shape index (κ3) is 4.98. The highest BCUT2D eigenvalue weighted by Crippen LogP contribution is 2.35. The number of hydrogen-bond acceptors (Lipinski definition) is 7. The van der Waals surface area contributed by atoms with E-state index in [1.54, 1.807) is 4.90 Å². The number of fused-ring (bicyclic) bond motifs is 1. The molecule has 0 radical (unpaired) electrons. The van der Waals surface area contributed by atoms with Crippen molar-refractivity contribution in [3.05, 3.63) is 48.3 Å². The van der Waals surface area contributed by atoms with E-state index in [-0.39, 0.29) is 40.8 Å². The first-order chi connectivity index (χ1) is 18.1. The van der Waals surface area contributed by atoms with E-state index >= 15 is 4.39 Å². The molecule has 10 nitrogen and oxygen atoms in total. The molecule has 0 aliphatic carbocycles. The van der Waals surface area contributed by atoms with Gasteiger partial charge in [-0.15, -0.1) is 0 Å². The monoisotopic (exact) mass is 525 g/mol. The number of benzene rings is 1. The molecule has 2 N–H and O–H groups in total. The predicted molar refractivity (Wildman–Crippen MR) is 137 cm³/mol. The average Bonchev–Trinajstić information content (AvgIpc) is 3.46. The fourth-order valence-electron chi connectivity index (χ4n) is 4.54. The van der Waals surface area contributed by atoms with Gasteiger partial charge in [-0.25, -0.2) is 23.5 Å². The van der Waals surface area contributed by atoms with Crippen LogP contribution in [0.15, 0.2) is 36.7 Å². The summed E-state index contributed by atoms with van der Waals surface area (Å²) in [5.41, 5.74) is 0.569. The van der Waals surface area contributed by atoms with Crippen LogP contribution in [-0.2, 0) is 4.74 Å². The number of likely N-dealkylation sites (tertiary alicyclic amines) is 1. The van der Waals surface area contributed by atoms with Crippen molar-refractivity contribution in [3.8, 4) is 17.0 Å². The maximum Gasteiger partial charge on any atom is 0.410 e. The molecule has 1 aliphatic heterocycles. The lowest BCUT2D eigenvalue weighted by molar-refractivity contribution is 0.0189. The molecule has 0 saturated carbocycles. The van der Waals surface area contributed by atoms with E-state index in [4.69, 9.17) is 9.47 Å². The number of rotatable bonds is 5. The van der Waals surface area contributed by atoms with Crippen molar-refractivity contribution >= 4 is 28.9 Å². The zero-order valence-corrected chi connectivity index (χ0v) is 21.6. The summed E-state index contributed by atoms with van der Waals surface area (Å²) in [6.07, 6.45) is 4.54. The molecule has 0 unspecified atom stereocenters. The number of ether oxygens (including phenoxy) is 2. The van der Waals surface area contributed by atoms with Crippen LogP contribution in [0.5, 0.6) is 5.75 Å². The van der Waals surface area contributed by atoms with Crippen molar-refractivity contribution in [1.29, 1.82) is 0 Å². The summed E-state index contributed by atoms with van der Waals surface area (Å²) in [6.45, 7) is 6.66. The molecular formula is C26H29F2N7O3. The number of carbonyl (C=O) groups excluding carboxylic acids is 1. The maximum absolute atomic E-state index is 15.3. The summed E-state index contributed by atoms with van der Waals surface area (Å²) in [5, 5.41) is 9.36. The van der Waals surface area contributed by atoms with Crippen molar-refractivity contribution in [2.45, 2.75) is 45.3 Å².